The maximum atomic E-state index is 13.4. The number of pyridine rings is 1. The Morgan fingerprint density at radius 1 is 1.23 bits per heavy atom. The summed E-state index contributed by atoms with van der Waals surface area (Å²) in [7, 11) is 0. The summed E-state index contributed by atoms with van der Waals surface area (Å²) in [6.45, 7) is 4.62. The lowest BCUT2D eigenvalue weighted by Crippen LogP contribution is -2.32. The van der Waals surface area contributed by atoms with E-state index >= 15 is 0 Å². The molecular formula is C21H21N5O3S. The average Bonchev–Trinajstić information content (AvgIpc) is 3.43. The molecule has 3 aromatic heterocycles. The molecule has 0 spiro atoms. The van der Waals surface area contributed by atoms with Crippen LogP contribution in [0.4, 0.5) is 0 Å². The van der Waals surface area contributed by atoms with E-state index in [4.69, 9.17) is 0 Å². The van der Waals surface area contributed by atoms with Crippen LogP contribution in [0.15, 0.2) is 54.6 Å². The minimum absolute atomic E-state index is 0.0855. The minimum Gasteiger partial charge on any atom is -0.503 e. The summed E-state index contributed by atoms with van der Waals surface area (Å²) in [4.78, 5) is 40.8. The van der Waals surface area contributed by atoms with Crippen LogP contribution in [0.5, 0.6) is 0 Å². The van der Waals surface area contributed by atoms with Crippen LogP contribution < -0.4 is 0 Å². The Labute approximate surface area is 177 Å². The highest BCUT2D eigenvalue weighted by Gasteiger charge is 2.44. The van der Waals surface area contributed by atoms with Gasteiger partial charge in [0, 0.05) is 37.9 Å². The van der Waals surface area contributed by atoms with Gasteiger partial charge in [-0.1, -0.05) is 6.07 Å². The number of hydrogen-bond acceptors (Lipinski definition) is 7. The molecule has 8 nitrogen and oxygen atoms in total. The molecule has 0 saturated heterocycles. The Hall–Kier alpha value is -3.33. The number of aliphatic hydroxyl groups is 1. The number of thiazole rings is 1. The van der Waals surface area contributed by atoms with Crippen LogP contribution in [0.3, 0.4) is 0 Å². The summed E-state index contributed by atoms with van der Waals surface area (Å²) >= 11 is 1.27. The van der Waals surface area contributed by atoms with Crippen LogP contribution in [0.1, 0.15) is 38.4 Å². The highest BCUT2D eigenvalue weighted by Crippen LogP contribution is 2.39. The number of Topliss-reactive ketones (excluding diaryl/α,β-unsaturated/α-hetero) is 1. The summed E-state index contributed by atoms with van der Waals surface area (Å²) in [5.41, 5.74) is 1.36. The second kappa shape index (κ2) is 8.19. The monoisotopic (exact) mass is 423 g/mol. The largest absolute Gasteiger partial charge is 0.503 e. The summed E-state index contributed by atoms with van der Waals surface area (Å²) in [5, 5.41) is 11.4. The molecule has 1 atom stereocenters. The third-order valence-electron chi connectivity index (χ3n) is 5.03. The summed E-state index contributed by atoms with van der Waals surface area (Å²) in [6, 6.07) is 2.87. The van der Waals surface area contributed by atoms with Gasteiger partial charge in [0.2, 0.25) is 5.78 Å². The number of carbonyl (C=O) groups is 2. The van der Waals surface area contributed by atoms with E-state index in [1.54, 1.807) is 42.8 Å². The van der Waals surface area contributed by atoms with Crippen LogP contribution in [0.25, 0.3) is 0 Å². The lowest BCUT2D eigenvalue weighted by atomic mass is 9.96. The molecule has 0 aromatic carbocycles. The Morgan fingerprint density at radius 3 is 2.70 bits per heavy atom. The smallest absolute Gasteiger partial charge is 0.290 e. The van der Waals surface area contributed by atoms with Gasteiger partial charge in [-0.05, 0) is 31.9 Å². The van der Waals surface area contributed by atoms with Crippen LogP contribution in [-0.4, -0.2) is 47.8 Å². The number of aryl methyl sites for hydroxylation is 3. The lowest BCUT2D eigenvalue weighted by molar-refractivity contribution is -0.129. The van der Waals surface area contributed by atoms with Gasteiger partial charge in [0.05, 0.1) is 33.5 Å². The predicted molar refractivity (Wildman–Crippen MR) is 111 cm³/mol. The van der Waals surface area contributed by atoms with E-state index in [1.807, 2.05) is 23.8 Å². The molecule has 1 aliphatic rings. The van der Waals surface area contributed by atoms with E-state index in [0.29, 0.717) is 35.6 Å². The number of hydrogen-bond donors (Lipinski definition) is 1. The Balaban J connectivity index is 1.67. The topological polar surface area (TPSA) is 101 Å². The predicted octanol–water partition coefficient (Wildman–Crippen LogP) is 3.02. The number of aromatic nitrogens is 4. The summed E-state index contributed by atoms with van der Waals surface area (Å²) in [6.07, 6.45) is 9.16. The highest BCUT2D eigenvalue weighted by molar-refractivity contribution is 7.14. The van der Waals surface area contributed by atoms with Gasteiger partial charge >= 0.3 is 0 Å². The number of amides is 1. The minimum atomic E-state index is -0.691. The van der Waals surface area contributed by atoms with Crippen molar-refractivity contribution >= 4 is 23.0 Å². The van der Waals surface area contributed by atoms with E-state index in [-0.39, 0.29) is 11.4 Å². The second-order valence-corrected chi connectivity index (χ2v) is 8.28. The van der Waals surface area contributed by atoms with Crippen molar-refractivity contribution in [3.8, 4) is 0 Å². The third kappa shape index (κ3) is 3.63. The van der Waals surface area contributed by atoms with E-state index in [2.05, 4.69) is 15.0 Å². The first-order chi connectivity index (χ1) is 14.5. The molecule has 1 aliphatic heterocycles. The molecule has 4 heterocycles. The number of aliphatic hydroxyl groups excluding tert-OH is 1. The zero-order valence-corrected chi connectivity index (χ0v) is 17.5. The molecule has 1 N–H and O–H groups in total. The number of imidazole rings is 1. The maximum absolute atomic E-state index is 13.4. The molecule has 0 saturated carbocycles. The van der Waals surface area contributed by atoms with Crippen molar-refractivity contribution in [1.29, 1.82) is 0 Å². The summed E-state index contributed by atoms with van der Waals surface area (Å²) in [5.74, 6) is -1.41. The first-order valence-corrected chi connectivity index (χ1v) is 10.4. The molecule has 154 valence electrons. The van der Waals surface area contributed by atoms with Crippen molar-refractivity contribution in [2.75, 3.05) is 6.54 Å². The number of rotatable bonds is 7. The molecule has 0 bridgehead atoms. The first kappa shape index (κ1) is 20.0. The Kier molecular flexibility index (Phi) is 5.45. The van der Waals surface area contributed by atoms with Gasteiger partial charge in [0.1, 0.15) is 0 Å². The van der Waals surface area contributed by atoms with E-state index < -0.39 is 17.7 Å². The van der Waals surface area contributed by atoms with Gasteiger partial charge in [-0.25, -0.2) is 9.97 Å². The molecule has 0 fully saturated rings. The number of ketones is 1. The van der Waals surface area contributed by atoms with Crippen molar-refractivity contribution in [2.45, 2.75) is 32.9 Å². The standard InChI is InChI=1S/C21H21N5O3S/c1-13-20(30-14(2)24-13)18(27)16-17(15-5-3-6-22-11-15)26(21(29)19(16)28)9-4-8-25-10-7-23-12-25/h3,5-7,10-12,17,28H,4,8-9H2,1-2H3. The third-order valence-corrected chi connectivity index (χ3v) is 6.10. The maximum Gasteiger partial charge on any atom is 0.290 e. The van der Waals surface area contributed by atoms with Crippen LogP contribution >= 0.6 is 11.3 Å². The Bertz CT molecular complexity index is 1110. The zero-order valence-electron chi connectivity index (χ0n) is 16.6. The fourth-order valence-corrected chi connectivity index (χ4v) is 4.58. The molecular weight excluding hydrogens is 402 g/mol. The van der Waals surface area contributed by atoms with E-state index in [1.165, 1.54) is 11.3 Å². The highest BCUT2D eigenvalue weighted by atomic mass is 32.1. The zero-order chi connectivity index (χ0) is 21.3. The van der Waals surface area contributed by atoms with Gasteiger partial charge in [-0.2, -0.15) is 0 Å². The molecule has 3 aromatic rings. The van der Waals surface area contributed by atoms with E-state index in [9.17, 15) is 14.7 Å². The van der Waals surface area contributed by atoms with Crippen molar-refractivity contribution in [3.05, 3.63) is 75.7 Å². The van der Waals surface area contributed by atoms with Gasteiger partial charge in [0.25, 0.3) is 5.91 Å². The molecule has 0 radical (unpaired) electrons. The van der Waals surface area contributed by atoms with Crippen molar-refractivity contribution in [3.63, 3.8) is 0 Å². The van der Waals surface area contributed by atoms with Gasteiger partial charge in [0.15, 0.2) is 5.76 Å². The van der Waals surface area contributed by atoms with Crippen molar-refractivity contribution in [1.82, 2.24) is 24.4 Å². The van der Waals surface area contributed by atoms with Crippen molar-refractivity contribution < 1.29 is 14.7 Å². The number of nitrogens with zero attached hydrogens (tertiary/aromatic N) is 5. The molecule has 30 heavy (non-hydrogen) atoms. The molecule has 4 rings (SSSR count). The van der Waals surface area contributed by atoms with Crippen LogP contribution in [0, 0.1) is 13.8 Å². The van der Waals surface area contributed by atoms with Crippen LogP contribution in [0.2, 0.25) is 0 Å². The fourth-order valence-electron chi connectivity index (χ4n) is 3.71. The van der Waals surface area contributed by atoms with Gasteiger partial charge in [-0.3, -0.25) is 14.6 Å². The number of carbonyl (C=O) groups excluding carboxylic acids is 2. The fraction of sp³-hybridized carbons (Fsp3) is 0.286. The average molecular weight is 423 g/mol. The van der Waals surface area contributed by atoms with Crippen molar-refractivity contribution in [2.24, 2.45) is 0 Å². The van der Waals surface area contributed by atoms with Crippen LogP contribution in [-0.2, 0) is 11.3 Å². The SMILES string of the molecule is Cc1nc(C)c(C(=O)C2=C(O)C(=O)N(CCCn3ccnc3)C2c2cccnc2)s1. The van der Waals surface area contributed by atoms with E-state index in [0.717, 1.165) is 5.01 Å². The molecule has 1 amide bonds. The van der Waals surface area contributed by atoms with Gasteiger partial charge in [-0.15, -0.1) is 11.3 Å². The second-order valence-electron chi connectivity index (χ2n) is 7.08. The normalized spacial score (nSPS) is 16.5. The summed E-state index contributed by atoms with van der Waals surface area (Å²) < 4.78 is 1.92. The molecule has 1 unspecified atom stereocenters. The Morgan fingerprint density at radius 2 is 2.07 bits per heavy atom. The first-order valence-electron chi connectivity index (χ1n) is 9.56. The molecule has 0 aliphatic carbocycles. The molecule has 9 heteroatoms. The lowest BCUT2D eigenvalue weighted by Gasteiger charge is -2.26. The van der Waals surface area contributed by atoms with Gasteiger partial charge < -0.3 is 14.6 Å². The quantitative estimate of drug-likeness (QED) is 0.586.